The van der Waals surface area contributed by atoms with Crippen molar-refractivity contribution in [2.75, 3.05) is 147 Å². The molecule has 0 saturated carbocycles. The van der Waals surface area contributed by atoms with E-state index in [1.165, 1.54) is 105 Å². The van der Waals surface area contributed by atoms with Crippen LogP contribution < -0.4 is 0 Å². The van der Waals surface area contributed by atoms with Gasteiger partial charge in [-0.25, -0.2) is 0 Å². The second-order valence-corrected chi connectivity index (χ2v) is 24.6. The largest absolute Gasteiger partial charge is 0.304 e. The zero-order chi connectivity index (χ0) is 52.3. The summed E-state index contributed by atoms with van der Waals surface area (Å²) in [5.41, 5.74) is 0. The van der Waals surface area contributed by atoms with Crippen LogP contribution in [0.1, 0.15) is 138 Å². The Kier molecular flexibility index (Phi) is 31.5. The van der Waals surface area contributed by atoms with Crippen molar-refractivity contribution in [1.82, 2.24) is 58.8 Å². The van der Waals surface area contributed by atoms with Gasteiger partial charge in [-0.2, -0.15) is 0 Å². The van der Waals surface area contributed by atoms with Gasteiger partial charge in [0.2, 0.25) is 0 Å². The van der Waals surface area contributed by atoms with Gasteiger partial charge in [0.15, 0.2) is 0 Å². The SMILES string of the molecule is CC(C)N1CCN(C)C[C@@H]1C.CC(C)N1CCN(C)C[C@H]1C.CC(C)N1CCN(C)[C@@H](C)C1.CC(C)N1CCN(C)[C@H](C)C1.CC(C)N1C[C@@H](C)N(C)C[C@@H]1C.CC(C)N1C[C@H](C)N(C)C[C@H]1C. The highest BCUT2D eigenvalue weighted by molar-refractivity contribution is 4.86. The molecule has 0 aromatic heterocycles. The molecule has 12 nitrogen and oxygen atoms in total. The molecule has 6 fully saturated rings. The number of hydrogen-bond acceptors (Lipinski definition) is 12. The molecule has 0 aromatic rings. The van der Waals surface area contributed by atoms with Crippen LogP contribution in [0, 0.1) is 0 Å². The monoisotopic (exact) mass is 965 g/mol. The highest BCUT2D eigenvalue weighted by Gasteiger charge is 2.30. The van der Waals surface area contributed by atoms with E-state index in [9.17, 15) is 0 Å². The summed E-state index contributed by atoms with van der Waals surface area (Å²) in [6, 6.07) is 9.99. The lowest BCUT2D eigenvalue weighted by Gasteiger charge is -2.44. The summed E-state index contributed by atoms with van der Waals surface area (Å²) in [6.07, 6.45) is 0. The molecular weight excluding hydrogens is 841 g/mol. The summed E-state index contributed by atoms with van der Waals surface area (Å²) >= 11 is 0. The molecule has 0 radical (unpaired) electrons. The Morgan fingerprint density at radius 3 is 0.735 bits per heavy atom. The van der Waals surface area contributed by atoms with Crippen molar-refractivity contribution in [3.05, 3.63) is 0 Å². The fourth-order valence-electron chi connectivity index (χ4n) is 11.0. The van der Waals surface area contributed by atoms with Crippen LogP contribution in [0.4, 0.5) is 0 Å². The van der Waals surface area contributed by atoms with Crippen LogP contribution in [-0.2, 0) is 0 Å². The minimum absolute atomic E-state index is 0.691. The maximum Gasteiger partial charge on any atom is 0.0198 e. The van der Waals surface area contributed by atoms with Crippen molar-refractivity contribution in [2.24, 2.45) is 0 Å². The van der Waals surface area contributed by atoms with Gasteiger partial charge in [0.1, 0.15) is 0 Å². The van der Waals surface area contributed by atoms with E-state index in [2.05, 4.69) is 240 Å². The summed E-state index contributed by atoms with van der Waals surface area (Å²) in [6.45, 7) is 65.4. The van der Waals surface area contributed by atoms with Crippen LogP contribution in [0.5, 0.6) is 0 Å². The molecule has 408 valence electrons. The summed E-state index contributed by atoms with van der Waals surface area (Å²) in [5, 5.41) is 0. The molecule has 6 heterocycles. The standard InChI is InChI=1S/2C10H22N2.4C9H20N2/c2*1-8(2)12-7-9(3)11(5)6-10(12)4;2*1-8(2)11-6-5-10(4)9(3)7-11;2*1-8(2)11-6-5-10(4)7-9(11)3/h2*8-10H,6-7H2,1-5H3;4*8-9H,5-7H2,1-4H3/t2*9-,10+;4*9-/m101010/s1. The van der Waals surface area contributed by atoms with E-state index in [1.807, 2.05) is 0 Å². The molecule has 68 heavy (non-hydrogen) atoms. The van der Waals surface area contributed by atoms with Crippen molar-refractivity contribution >= 4 is 0 Å². The van der Waals surface area contributed by atoms with E-state index >= 15 is 0 Å². The average Bonchev–Trinajstić information content (AvgIpc) is 3.23. The Bertz CT molecular complexity index is 1170. The van der Waals surface area contributed by atoms with E-state index in [4.69, 9.17) is 0 Å². The first kappa shape index (κ1) is 65.5. The molecule has 12 heteroatoms. The van der Waals surface area contributed by atoms with Crippen molar-refractivity contribution in [3.8, 4) is 0 Å². The van der Waals surface area contributed by atoms with E-state index in [1.54, 1.807) is 0 Å². The van der Waals surface area contributed by atoms with Gasteiger partial charge in [0, 0.05) is 189 Å². The predicted molar refractivity (Wildman–Crippen MR) is 302 cm³/mol. The third kappa shape index (κ3) is 23.6. The van der Waals surface area contributed by atoms with Crippen LogP contribution in [0.15, 0.2) is 0 Å². The van der Waals surface area contributed by atoms with Crippen LogP contribution in [-0.4, -0.2) is 290 Å². The van der Waals surface area contributed by atoms with Gasteiger partial charge < -0.3 is 29.4 Å². The Morgan fingerprint density at radius 1 is 0.235 bits per heavy atom. The molecule has 6 rings (SSSR count). The minimum Gasteiger partial charge on any atom is -0.304 e. The van der Waals surface area contributed by atoms with Gasteiger partial charge in [0.25, 0.3) is 0 Å². The normalized spacial score (nSPS) is 31.4. The lowest BCUT2D eigenvalue weighted by Crippen LogP contribution is -2.56. The maximum absolute atomic E-state index is 2.59. The number of piperazine rings is 6. The third-order valence-electron chi connectivity index (χ3n) is 16.6. The lowest BCUT2D eigenvalue weighted by atomic mass is 10.1. The molecule has 6 saturated heterocycles. The Hall–Kier alpha value is -0.480. The topological polar surface area (TPSA) is 38.9 Å². The van der Waals surface area contributed by atoms with Crippen LogP contribution >= 0.6 is 0 Å². The summed E-state index contributed by atoms with van der Waals surface area (Å²) in [7, 11) is 13.3. The first-order valence-corrected chi connectivity index (χ1v) is 28.2. The first-order valence-electron chi connectivity index (χ1n) is 28.2. The third-order valence-corrected chi connectivity index (χ3v) is 16.6. The Morgan fingerprint density at radius 2 is 0.500 bits per heavy atom. The van der Waals surface area contributed by atoms with Crippen molar-refractivity contribution in [3.63, 3.8) is 0 Å². The Labute approximate surface area is 427 Å². The second-order valence-electron chi connectivity index (χ2n) is 24.6. The lowest BCUT2D eigenvalue weighted by molar-refractivity contribution is 0.0386. The van der Waals surface area contributed by atoms with Crippen molar-refractivity contribution in [1.29, 1.82) is 0 Å². The molecule has 0 amide bonds. The molecule has 0 aliphatic carbocycles. The van der Waals surface area contributed by atoms with Gasteiger partial charge >= 0.3 is 0 Å². The zero-order valence-corrected chi connectivity index (χ0v) is 50.8. The number of nitrogens with zero attached hydrogens (tertiary/aromatic N) is 12. The highest BCUT2D eigenvalue weighted by atomic mass is 15.3. The van der Waals surface area contributed by atoms with Gasteiger partial charge in [-0.1, -0.05) is 0 Å². The number of hydrogen-bond donors (Lipinski definition) is 0. The molecule has 8 atom stereocenters. The van der Waals surface area contributed by atoms with E-state index in [0.29, 0.717) is 60.4 Å². The van der Waals surface area contributed by atoms with Gasteiger partial charge in [-0.3, -0.25) is 29.4 Å². The molecule has 0 N–H and O–H groups in total. The van der Waals surface area contributed by atoms with E-state index < -0.39 is 0 Å². The van der Waals surface area contributed by atoms with Crippen LogP contribution in [0.3, 0.4) is 0 Å². The van der Waals surface area contributed by atoms with Crippen molar-refractivity contribution in [2.45, 2.75) is 223 Å². The highest BCUT2D eigenvalue weighted by Crippen LogP contribution is 2.18. The molecule has 0 aromatic carbocycles. The number of rotatable bonds is 6. The number of likely N-dealkylation sites (N-methyl/N-ethyl adjacent to an activating group) is 6. The molecule has 0 spiro atoms. The summed E-state index contributed by atoms with van der Waals surface area (Å²) in [5.74, 6) is 0. The van der Waals surface area contributed by atoms with Crippen LogP contribution in [0.25, 0.3) is 0 Å². The molecule has 0 unspecified atom stereocenters. The van der Waals surface area contributed by atoms with Gasteiger partial charge in [-0.05, 0) is 181 Å². The van der Waals surface area contributed by atoms with Crippen LogP contribution in [0.2, 0.25) is 0 Å². The van der Waals surface area contributed by atoms with Crippen molar-refractivity contribution < 1.29 is 0 Å². The average molecular weight is 966 g/mol. The smallest absolute Gasteiger partial charge is 0.0198 e. The molecule has 0 bridgehead atoms. The summed E-state index contributed by atoms with van der Waals surface area (Å²) in [4.78, 5) is 30.0. The molecule has 6 aliphatic rings. The van der Waals surface area contributed by atoms with Gasteiger partial charge in [0.05, 0.1) is 0 Å². The zero-order valence-electron chi connectivity index (χ0n) is 50.8. The van der Waals surface area contributed by atoms with Gasteiger partial charge in [-0.15, -0.1) is 0 Å². The van der Waals surface area contributed by atoms with E-state index in [0.717, 1.165) is 24.2 Å². The molecule has 6 aliphatic heterocycles. The minimum atomic E-state index is 0.691. The molecular formula is C56H124N12. The summed E-state index contributed by atoms with van der Waals surface area (Å²) < 4.78 is 0. The quantitative estimate of drug-likeness (QED) is 0.277. The second kappa shape index (κ2) is 32.7. The fraction of sp³-hybridized carbons (Fsp3) is 1.00. The van der Waals surface area contributed by atoms with E-state index in [-0.39, 0.29) is 0 Å². The maximum atomic E-state index is 2.59. The fourth-order valence-corrected chi connectivity index (χ4v) is 11.0. The first-order chi connectivity index (χ1) is 31.5. The predicted octanol–water partition coefficient (Wildman–Crippen LogP) is 6.96. The Balaban J connectivity index is 0.000000408.